The summed E-state index contributed by atoms with van der Waals surface area (Å²) in [4.78, 5) is 11.0. The number of benzene rings is 1. The van der Waals surface area contributed by atoms with Crippen molar-refractivity contribution < 1.29 is 9.53 Å². The summed E-state index contributed by atoms with van der Waals surface area (Å²) < 4.78 is 6.03. The molecule has 0 saturated heterocycles. The topological polar surface area (TPSA) is 26.3 Å². The summed E-state index contributed by atoms with van der Waals surface area (Å²) in [5.74, 6) is 0.445. The van der Waals surface area contributed by atoms with E-state index in [1.807, 2.05) is 18.2 Å². The Morgan fingerprint density at radius 3 is 3.00 bits per heavy atom. The Kier molecular flexibility index (Phi) is 2.43. The van der Waals surface area contributed by atoms with Gasteiger partial charge in [0.2, 0.25) is 0 Å². The molecule has 0 aliphatic carbocycles. The first-order valence-corrected chi connectivity index (χ1v) is 5.52. The Balaban J connectivity index is 2.42. The fourth-order valence-corrected chi connectivity index (χ4v) is 2.02. The van der Waals surface area contributed by atoms with Crippen LogP contribution in [0, 0.1) is 0 Å². The molecule has 1 heterocycles. The highest BCUT2D eigenvalue weighted by atomic mass is 79.9. The third-order valence-electron chi connectivity index (χ3n) is 1.89. The molecule has 0 aromatic heterocycles. The lowest BCUT2D eigenvalue weighted by Gasteiger charge is -2.19. The maximum atomic E-state index is 11.2. The van der Waals surface area contributed by atoms with Crippen molar-refractivity contribution in [1.82, 2.24) is 0 Å². The quantitative estimate of drug-likeness (QED) is 0.418. The van der Waals surface area contributed by atoms with Gasteiger partial charge in [0.05, 0.1) is 0 Å². The molecule has 1 aromatic rings. The second-order valence-electron chi connectivity index (χ2n) is 2.84. The number of esters is 1. The predicted octanol–water partition coefficient (Wildman–Crippen LogP) is 2.67. The highest BCUT2D eigenvalue weighted by molar-refractivity contribution is 9.10. The average molecular weight is 306 g/mol. The summed E-state index contributed by atoms with van der Waals surface area (Å²) in [6, 6.07) is 5.71. The number of fused-ring (bicyclic) bond motifs is 1. The van der Waals surface area contributed by atoms with Crippen LogP contribution in [0.2, 0.25) is 0 Å². The minimum absolute atomic E-state index is 0.207. The molecule has 1 aliphatic rings. The Morgan fingerprint density at radius 2 is 2.23 bits per heavy atom. The summed E-state index contributed by atoms with van der Waals surface area (Å²) in [7, 11) is 0. The van der Waals surface area contributed by atoms with Crippen LogP contribution in [-0.2, 0) is 11.2 Å². The van der Waals surface area contributed by atoms with E-state index in [9.17, 15) is 4.79 Å². The molecular formula is C9H6Br2O2. The van der Waals surface area contributed by atoms with E-state index in [0.29, 0.717) is 12.2 Å². The first-order valence-electron chi connectivity index (χ1n) is 3.81. The van der Waals surface area contributed by atoms with Crippen molar-refractivity contribution in [2.24, 2.45) is 0 Å². The van der Waals surface area contributed by atoms with Crippen LogP contribution in [0.3, 0.4) is 0 Å². The molecule has 0 bridgehead atoms. The summed E-state index contributed by atoms with van der Waals surface area (Å²) in [5, 5.41) is 0. The smallest absolute Gasteiger partial charge is 0.325 e. The number of ether oxygens (including phenoxy) is 1. The summed E-state index contributed by atoms with van der Waals surface area (Å²) in [6.07, 6.45) is 0.696. The van der Waals surface area contributed by atoms with Gasteiger partial charge in [-0.05, 0) is 24.1 Å². The zero-order valence-corrected chi connectivity index (χ0v) is 9.76. The molecule has 13 heavy (non-hydrogen) atoms. The SMILES string of the molecule is O=C1Oc2cc(Br)ccc2CC1Br. The molecule has 1 aromatic carbocycles. The lowest BCUT2D eigenvalue weighted by Crippen LogP contribution is -2.27. The van der Waals surface area contributed by atoms with E-state index in [1.54, 1.807) is 0 Å². The van der Waals surface area contributed by atoms with Crippen LogP contribution in [0.25, 0.3) is 0 Å². The Labute approximate surface area is 92.5 Å². The van der Waals surface area contributed by atoms with Gasteiger partial charge in [-0.1, -0.05) is 37.9 Å². The van der Waals surface area contributed by atoms with Crippen molar-refractivity contribution in [1.29, 1.82) is 0 Å². The number of halogens is 2. The molecule has 0 fully saturated rings. The standard InChI is InChI=1S/C9H6Br2O2/c10-6-2-1-5-3-7(11)9(12)13-8(5)4-6/h1-2,4,7H,3H2. The van der Waals surface area contributed by atoms with Crippen LogP contribution >= 0.6 is 31.9 Å². The van der Waals surface area contributed by atoms with E-state index in [-0.39, 0.29) is 10.8 Å². The minimum Gasteiger partial charge on any atom is -0.425 e. The highest BCUT2D eigenvalue weighted by Gasteiger charge is 2.25. The van der Waals surface area contributed by atoms with Crippen molar-refractivity contribution in [2.75, 3.05) is 0 Å². The van der Waals surface area contributed by atoms with E-state index in [1.165, 1.54) is 0 Å². The number of carbonyl (C=O) groups is 1. The zero-order chi connectivity index (χ0) is 9.42. The fraction of sp³-hybridized carbons (Fsp3) is 0.222. The number of carbonyl (C=O) groups excluding carboxylic acids is 1. The molecule has 2 nitrogen and oxygen atoms in total. The number of alkyl halides is 1. The zero-order valence-electron chi connectivity index (χ0n) is 6.59. The van der Waals surface area contributed by atoms with Gasteiger partial charge < -0.3 is 4.74 Å². The molecular weight excluding hydrogens is 300 g/mol. The first-order chi connectivity index (χ1) is 6.16. The Bertz CT molecular complexity index is 363. The summed E-state index contributed by atoms with van der Waals surface area (Å²) >= 11 is 6.58. The van der Waals surface area contributed by atoms with Gasteiger partial charge in [0.1, 0.15) is 10.6 Å². The molecule has 2 rings (SSSR count). The molecule has 68 valence electrons. The summed E-state index contributed by atoms with van der Waals surface area (Å²) in [6.45, 7) is 0. The highest BCUT2D eigenvalue weighted by Crippen LogP contribution is 2.30. The van der Waals surface area contributed by atoms with E-state index in [2.05, 4.69) is 31.9 Å². The van der Waals surface area contributed by atoms with E-state index >= 15 is 0 Å². The van der Waals surface area contributed by atoms with Crippen LogP contribution in [0.15, 0.2) is 22.7 Å². The van der Waals surface area contributed by atoms with Crippen molar-refractivity contribution in [3.8, 4) is 5.75 Å². The molecule has 0 N–H and O–H groups in total. The fourth-order valence-electron chi connectivity index (χ4n) is 1.24. The number of hydrogen-bond acceptors (Lipinski definition) is 2. The molecule has 0 spiro atoms. The maximum absolute atomic E-state index is 11.2. The van der Waals surface area contributed by atoms with Gasteiger partial charge in [0.15, 0.2) is 0 Å². The van der Waals surface area contributed by atoms with Crippen LogP contribution in [0.4, 0.5) is 0 Å². The van der Waals surface area contributed by atoms with Gasteiger partial charge in [-0.25, -0.2) is 0 Å². The van der Waals surface area contributed by atoms with Crippen LogP contribution in [-0.4, -0.2) is 10.8 Å². The second-order valence-corrected chi connectivity index (χ2v) is 4.87. The van der Waals surface area contributed by atoms with Crippen molar-refractivity contribution >= 4 is 37.8 Å². The third kappa shape index (κ3) is 1.79. The van der Waals surface area contributed by atoms with Crippen molar-refractivity contribution in [3.63, 3.8) is 0 Å². The third-order valence-corrected chi connectivity index (χ3v) is 3.09. The van der Waals surface area contributed by atoms with E-state index in [0.717, 1.165) is 10.0 Å². The van der Waals surface area contributed by atoms with Gasteiger partial charge >= 0.3 is 5.97 Å². The largest absolute Gasteiger partial charge is 0.425 e. The monoisotopic (exact) mass is 304 g/mol. The number of rotatable bonds is 0. The molecule has 4 heteroatoms. The molecule has 0 radical (unpaired) electrons. The average Bonchev–Trinajstić information content (AvgIpc) is 2.08. The molecule has 1 atom stereocenters. The second kappa shape index (κ2) is 3.42. The van der Waals surface area contributed by atoms with Gasteiger partial charge in [-0.3, -0.25) is 4.79 Å². The van der Waals surface area contributed by atoms with Crippen molar-refractivity contribution in [2.45, 2.75) is 11.2 Å². The normalized spacial score (nSPS) is 20.8. The molecule has 0 amide bonds. The van der Waals surface area contributed by atoms with Gasteiger partial charge in [0.25, 0.3) is 0 Å². The van der Waals surface area contributed by atoms with Crippen LogP contribution < -0.4 is 4.74 Å². The van der Waals surface area contributed by atoms with Gasteiger partial charge in [-0.2, -0.15) is 0 Å². The molecule has 0 saturated carbocycles. The molecule has 1 aliphatic heterocycles. The Hall–Kier alpha value is -0.350. The minimum atomic E-state index is -0.217. The predicted molar refractivity (Wildman–Crippen MR) is 56.2 cm³/mol. The lowest BCUT2D eigenvalue weighted by molar-refractivity contribution is -0.134. The maximum Gasteiger partial charge on any atom is 0.325 e. The lowest BCUT2D eigenvalue weighted by atomic mass is 10.1. The van der Waals surface area contributed by atoms with Crippen LogP contribution in [0.5, 0.6) is 5.75 Å². The molecule has 1 unspecified atom stereocenters. The van der Waals surface area contributed by atoms with E-state index < -0.39 is 0 Å². The van der Waals surface area contributed by atoms with Gasteiger partial charge in [-0.15, -0.1) is 0 Å². The van der Waals surface area contributed by atoms with E-state index in [4.69, 9.17) is 4.74 Å². The van der Waals surface area contributed by atoms with Crippen molar-refractivity contribution in [3.05, 3.63) is 28.2 Å². The first kappa shape index (κ1) is 9.21. The number of hydrogen-bond donors (Lipinski definition) is 0. The Morgan fingerprint density at radius 1 is 1.46 bits per heavy atom. The van der Waals surface area contributed by atoms with Gasteiger partial charge in [0, 0.05) is 4.47 Å². The summed E-state index contributed by atoms with van der Waals surface area (Å²) in [5.41, 5.74) is 1.06. The van der Waals surface area contributed by atoms with Crippen LogP contribution in [0.1, 0.15) is 5.56 Å².